The van der Waals surface area contributed by atoms with Gasteiger partial charge in [-0.3, -0.25) is 14.3 Å². The maximum atomic E-state index is 12.2. The molecule has 8 nitrogen and oxygen atoms in total. The van der Waals surface area contributed by atoms with Crippen molar-refractivity contribution in [2.45, 2.75) is 33.2 Å². The minimum atomic E-state index is -0.185. The van der Waals surface area contributed by atoms with E-state index in [2.05, 4.69) is 39.1 Å². The van der Waals surface area contributed by atoms with Gasteiger partial charge in [0.05, 0.1) is 29.3 Å². The zero-order valence-electron chi connectivity index (χ0n) is 16.3. The third-order valence-electron chi connectivity index (χ3n) is 4.71. The Balaban J connectivity index is 1.53. The van der Waals surface area contributed by atoms with Crippen molar-refractivity contribution in [2.75, 3.05) is 25.0 Å². The fourth-order valence-corrected chi connectivity index (χ4v) is 3.04. The van der Waals surface area contributed by atoms with Gasteiger partial charge in [-0.2, -0.15) is 5.10 Å². The number of hydrogen-bond acceptors (Lipinski definition) is 5. The van der Waals surface area contributed by atoms with E-state index in [1.807, 2.05) is 16.9 Å². The molecule has 0 unspecified atom stereocenters. The summed E-state index contributed by atoms with van der Waals surface area (Å²) < 4.78 is 1.83. The highest BCUT2D eigenvalue weighted by molar-refractivity contribution is 5.90. The number of aromatic nitrogens is 4. The summed E-state index contributed by atoms with van der Waals surface area (Å²) in [5.41, 5.74) is 1.12. The van der Waals surface area contributed by atoms with E-state index in [-0.39, 0.29) is 17.9 Å². The predicted molar refractivity (Wildman–Crippen MR) is 109 cm³/mol. The lowest BCUT2D eigenvalue weighted by molar-refractivity contribution is -0.116. The Morgan fingerprint density at radius 2 is 2.04 bits per heavy atom. The molecule has 1 aromatic carbocycles. The van der Waals surface area contributed by atoms with E-state index < -0.39 is 0 Å². The van der Waals surface area contributed by atoms with Crippen molar-refractivity contribution < 1.29 is 4.79 Å². The molecular formula is C20H26N6O2. The van der Waals surface area contributed by atoms with Gasteiger partial charge in [0, 0.05) is 25.6 Å². The zero-order chi connectivity index (χ0) is 19.9. The van der Waals surface area contributed by atoms with Crippen molar-refractivity contribution in [1.82, 2.24) is 24.6 Å². The molecular weight excluding hydrogens is 356 g/mol. The minimum Gasteiger partial charge on any atom is -0.323 e. The van der Waals surface area contributed by atoms with Crippen LogP contribution in [0.5, 0.6) is 0 Å². The molecule has 0 aliphatic heterocycles. The number of benzene rings is 1. The number of aromatic amines is 1. The molecule has 2 aromatic heterocycles. The molecule has 3 rings (SSSR count). The van der Waals surface area contributed by atoms with E-state index in [4.69, 9.17) is 0 Å². The highest BCUT2D eigenvalue weighted by Gasteiger charge is 2.09. The Bertz CT molecular complexity index is 990. The molecule has 2 N–H and O–H groups in total. The van der Waals surface area contributed by atoms with Gasteiger partial charge in [-0.25, -0.2) is 4.98 Å². The SMILES string of the molecule is CCN(CC)CCn1cc(NC(=O)CCc2nc3ccccc3c(=O)[nH]2)cn1. The number of aryl methyl sites for hydroxylation is 1. The number of rotatable bonds is 9. The second-order valence-corrected chi connectivity index (χ2v) is 6.60. The summed E-state index contributed by atoms with van der Waals surface area (Å²) in [5, 5.41) is 7.68. The van der Waals surface area contributed by atoms with Gasteiger partial charge in [-0.15, -0.1) is 0 Å². The molecule has 0 saturated carbocycles. The van der Waals surface area contributed by atoms with Crippen molar-refractivity contribution in [3.05, 3.63) is 52.8 Å². The van der Waals surface area contributed by atoms with Crippen LogP contribution in [0, 0.1) is 0 Å². The molecule has 0 saturated heterocycles. The molecule has 3 aromatic rings. The first kappa shape index (κ1) is 19.8. The Morgan fingerprint density at radius 1 is 1.25 bits per heavy atom. The second kappa shape index (κ2) is 9.27. The quantitative estimate of drug-likeness (QED) is 0.590. The normalized spacial score (nSPS) is 11.2. The van der Waals surface area contributed by atoms with Gasteiger partial charge in [0.2, 0.25) is 5.91 Å². The molecule has 1 amide bonds. The Hall–Kier alpha value is -3.00. The fraction of sp³-hybridized carbons (Fsp3) is 0.400. The van der Waals surface area contributed by atoms with Crippen LogP contribution in [-0.2, 0) is 17.8 Å². The first-order valence-corrected chi connectivity index (χ1v) is 9.61. The number of likely N-dealkylation sites (N-methyl/N-ethyl adjacent to an activating group) is 1. The van der Waals surface area contributed by atoms with Crippen LogP contribution < -0.4 is 10.9 Å². The molecule has 0 bridgehead atoms. The fourth-order valence-electron chi connectivity index (χ4n) is 3.04. The lowest BCUT2D eigenvalue weighted by Gasteiger charge is -2.17. The number of nitrogens with one attached hydrogen (secondary N) is 2. The average Bonchev–Trinajstić information content (AvgIpc) is 3.14. The summed E-state index contributed by atoms with van der Waals surface area (Å²) in [4.78, 5) is 33.8. The van der Waals surface area contributed by atoms with E-state index >= 15 is 0 Å². The van der Waals surface area contributed by atoms with Crippen LogP contribution in [0.2, 0.25) is 0 Å². The molecule has 0 fully saturated rings. The first-order valence-electron chi connectivity index (χ1n) is 9.61. The van der Waals surface area contributed by atoms with Crippen LogP contribution in [0.15, 0.2) is 41.5 Å². The van der Waals surface area contributed by atoms with E-state index in [9.17, 15) is 9.59 Å². The van der Waals surface area contributed by atoms with Gasteiger partial charge in [0.1, 0.15) is 5.82 Å². The molecule has 0 aliphatic rings. The summed E-state index contributed by atoms with van der Waals surface area (Å²) in [7, 11) is 0. The van der Waals surface area contributed by atoms with Gasteiger partial charge >= 0.3 is 0 Å². The van der Waals surface area contributed by atoms with Crippen molar-refractivity contribution >= 4 is 22.5 Å². The lowest BCUT2D eigenvalue weighted by Crippen LogP contribution is -2.27. The number of para-hydroxylation sites is 1. The van der Waals surface area contributed by atoms with E-state index in [0.29, 0.717) is 28.8 Å². The molecule has 0 atom stereocenters. The second-order valence-electron chi connectivity index (χ2n) is 6.60. The van der Waals surface area contributed by atoms with Crippen molar-refractivity contribution in [3.63, 3.8) is 0 Å². The predicted octanol–water partition coefficient (Wildman–Crippen LogP) is 2.03. The monoisotopic (exact) mass is 382 g/mol. The van der Waals surface area contributed by atoms with Gasteiger partial charge in [0.15, 0.2) is 0 Å². The molecule has 8 heteroatoms. The number of H-pyrrole nitrogens is 1. The highest BCUT2D eigenvalue weighted by atomic mass is 16.1. The van der Waals surface area contributed by atoms with Crippen molar-refractivity contribution in [2.24, 2.45) is 0 Å². The van der Waals surface area contributed by atoms with Gasteiger partial charge < -0.3 is 15.2 Å². The van der Waals surface area contributed by atoms with Crippen LogP contribution in [-0.4, -0.2) is 50.2 Å². The van der Waals surface area contributed by atoms with Gasteiger partial charge in [0.25, 0.3) is 5.56 Å². The third-order valence-corrected chi connectivity index (χ3v) is 4.71. The number of carbonyl (C=O) groups is 1. The maximum absolute atomic E-state index is 12.2. The minimum absolute atomic E-state index is 0.140. The Morgan fingerprint density at radius 3 is 2.82 bits per heavy atom. The molecule has 148 valence electrons. The smallest absolute Gasteiger partial charge is 0.258 e. The van der Waals surface area contributed by atoms with Crippen LogP contribution in [0.25, 0.3) is 10.9 Å². The summed E-state index contributed by atoms with van der Waals surface area (Å²) in [6, 6.07) is 7.16. The van der Waals surface area contributed by atoms with Crippen LogP contribution in [0.4, 0.5) is 5.69 Å². The number of anilines is 1. The highest BCUT2D eigenvalue weighted by Crippen LogP contribution is 2.09. The Labute approximate surface area is 163 Å². The average molecular weight is 382 g/mol. The largest absolute Gasteiger partial charge is 0.323 e. The summed E-state index contributed by atoms with van der Waals surface area (Å²) in [6.07, 6.45) is 4.07. The number of hydrogen-bond donors (Lipinski definition) is 2. The third kappa shape index (κ3) is 5.04. The van der Waals surface area contributed by atoms with E-state index in [1.165, 1.54) is 0 Å². The molecule has 0 radical (unpaired) electrons. The first-order chi connectivity index (χ1) is 13.6. The van der Waals surface area contributed by atoms with Gasteiger partial charge in [-0.05, 0) is 25.2 Å². The van der Waals surface area contributed by atoms with Crippen LogP contribution in [0.1, 0.15) is 26.1 Å². The molecule has 28 heavy (non-hydrogen) atoms. The summed E-state index contributed by atoms with van der Waals surface area (Å²) in [5.74, 6) is 0.368. The van der Waals surface area contributed by atoms with Gasteiger partial charge in [-0.1, -0.05) is 26.0 Å². The summed E-state index contributed by atoms with van der Waals surface area (Å²) in [6.45, 7) is 7.98. The number of carbonyl (C=O) groups excluding carboxylic acids is 1. The molecule has 0 spiro atoms. The van der Waals surface area contributed by atoms with Crippen LogP contribution >= 0.6 is 0 Å². The number of fused-ring (bicyclic) bond motifs is 1. The molecule has 0 aliphatic carbocycles. The van der Waals surface area contributed by atoms with Crippen LogP contribution in [0.3, 0.4) is 0 Å². The number of amides is 1. The Kier molecular flexibility index (Phi) is 6.54. The van der Waals surface area contributed by atoms with E-state index in [0.717, 1.165) is 26.2 Å². The number of nitrogens with zero attached hydrogens (tertiary/aromatic N) is 4. The zero-order valence-corrected chi connectivity index (χ0v) is 16.3. The lowest BCUT2D eigenvalue weighted by atomic mass is 10.2. The van der Waals surface area contributed by atoms with Crippen molar-refractivity contribution in [1.29, 1.82) is 0 Å². The topological polar surface area (TPSA) is 95.9 Å². The maximum Gasteiger partial charge on any atom is 0.258 e. The standard InChI is InChI=1S/C20H26N6O2/c1-3-25(4-2)11-12-26-14-15(13-21-26)22-19(27)10-9-18-23-17-8-6-5-7-16(17)20(28)24-18/h5-8,13-14H,3-4,9-12H2,1-2H3,(H,22,27)(H,23,24,28). The summed E-state index contributed by atoms with van der Waals surface area (Å²) >= 11 is 0. The van der Waals surface area contributed by atoms with E-state index in [1.54, 1.807) is 24.4 Å². The molecule has 2 heterocycles. The van der Waals surface area contributed by atoms with Crippen molar-refractivity contribution in [3.8, 4) is 0 Å².